The summed E-state index contributed by atoms with van der Waals surface area (Å²) in [5, 5.41) is 6.50. The SMILES string of the molecule is CCCCC(C)NC(=O)C1COCC1NCCC. The average molecular weight is 256 g/mol. The lowest BCUT2D eigenvalue weighted by atomic mass is 10.0. The molecule has 3 atom stereocenters. The molecule has 1 fully saturated rings. The number of rotatable bonds is 8. The normalized spacial score (nSPS) is 25.1. The largest absolute Gasteiger partial charge is 0.379 e. The Bertz CT molecular complexity index is 246. The number of amides is 1. The highest BCUT2D eigenvalue weighted by Gasteiger charge is 2.33. The topological polar surface area (TPSA) is 50.4 Å². The van der Waals surface area contributed by atoms with Crippen molar-refractivity contribution < 1.29 is 9.53 Å². The molecule has 2 N–H and O–H groups in total. The summed E-state index contributed by atoms with van der Waals surface area (Å²) in [6.07, 6.45) is 4.48. The number of hydrogen-bond donors (Lipinski definition) is 2. The van der Waals surface area contributed by atoms with Crippen molar-refractivity contribution in [3.63, 3.8) is 0 Å². The third kappa shape index (κ3) is 4.94. The highest BCUT2D eigenvalue weighted by atomic mass is 16.5. The predicted molar refractivity (Wildman–Crippen MR) is 73.5 cm³/mol. The van der Waals surface area contributed by atoms with Gasteiger partial charge in [-0.3, -0.25) is 4.79 Å². The van der Waals surface area contributed by atoms with E-state index in [0.29, 0.717) is 13.2 Å². The number of ether oxygens (including phenoxy) is 1. The Morgan fingerprint density at radius 3 is 2.78 bits per heavy atom. The molecule has 18 heavy (non-hydrogen) atoms. The fourth-order valence-corrected chi connectivity index (χ4v) is 2.28. The number of unbranched alkanes of at least 4 members (excludes halogenated alkanes) is 1. The molecule has 4 nitrogen and oxygen atoms in total. The van der Waals surface area contributed by atoms with E-state index in [4.69, 9.17) is 4.74 Å². The smallest absolute Gasteiger partial charge is 0.227 e. The van der Waals surface area contributed by atoms with Gasteiger partial charge < -0.3 is 15.4 Å². The Balaban J connectivity index is 2.34. The average Bonchev–Trinajstić information content (AvgIpc) is 2.82. The lowest BCUT2D eigenvalue weighted by molar-refractivity contribution is -0.126. The van der Waals surface area contributed by atoms with Crippen molar-refractivity contribution in [2.75, 3.05) is 19.8 Å². The third-order valence-electron chi connectivity index (χ3n) is 3.45. The van der Waals surface area contributed by atoms with E-state index in [-0.39, 0.29) is 23.9 Å². The van der Waals surface area contributed by atoms with Gasteiger partial charge in [-0.15, -0.1) is 0 Å². The van der Waals surface area contributed by atoms with Gasteiger partial charge in [-0.25, -0.2) is 0 Å². The summed E-state index contributed by atoms with van der Waals surface area (Å²) in [6, 6.07) is 0.452. The van der Waals surface area contributed by atoms with Crippen LogP contribution in [0.4, 0.5) is 0 Å². The maximum Gasteiger partial charge on any atom is 0.227 e. The number of nitrogens with one attached hydrogen (secondary N) is 2. The van der Waals surface area contributed by atoms with Gasteiger partial charge in [-0.05, 0) is 26.3 Å². The molecule has 0 saturated carbocycles. The van der Waals surface area contributed by atoms with Gasteiger partial charge >= 0.3 is 0 Å². The quantitative estimate of drug-likeness (QED) is 0.695. The van der Waals surface area contributed by atoms with Gasteiger partial charge in [0.1, 0.15) is 0 Å². The minimum Gasteiger partial charge on any atom is -0.379 e. The Kier molecular flexibility index (Phi) is 7.28. The van der Waals surface area contributed by atoms with Crippen LogP contribution in [0.25, 0.3) is 0 Å². The van der Waals surface area contributed by atoms with E-state index < -0.39 is 0 Å². The summed E-state index contributed by atoms with van der Waals surface area (Å²) in [6.45, 7) is 8.53. The van der Waals surface area contributed by atoms with Gasteiger partial charge in [-0.1, -0.05) is 26.7 Å². The molecule has 3 unspecified atom stereocenters. The summed E-state index contributed by atoms with van der Waals surface area (Å²) in [5.74, 6) is 0.116. The van der Waals surface area contributed by atoms with E-state index in [0.717, 1.165) is 19.4 Å². The Hall–Kier alpha value is -0.610. The molecule has 1 amide bonds. The highest BCUT2D eigenvalue weighted by molar-refractivity contribution is 5.80. The van der Waals surface area contributed by atoms with E-state index in [2.05, 4.69) is 31.4 Å². The molecule has 0 aromatic rings. The van der Waals surface area contributed by atoms with E-state index in [1.54, 1.807) is 0 Å². The summed E-state index contributed by atoms with van der Waals surface area (Å²) >= 11 is 0. The first-order valence-electron chi connectivity index (χ1n) is 7.30. The zero-order chi connectivity index (χ0) is 13.4. The van der Waals surface area contributed by atoms with Crippen molar-refractivity contribution in [1.82, 2.24) is 10.6 Å². The standard InChI is InChI=1S/C14H28N2O2/c1-4-6-7-11(3)16-14(17)12-9-18-10-13(12)15-8-5-2/h11-13,15H,4-10H2,1-3H3,(H,16,17). The molecule has 0 spiro atoms. The van der Waals surface area contributed by atoms with E-state index in [1.165, 1.54) is 12.8 Å². The lowest BCUT2D eigenvalue weighted by Gasteiger charge is -2.21. The first-order valence-corrected chi connectivity index (χ1v) is 7.30. The summed E-state index contributed by atoms with van der Waals surface area (Å²) in [5.41, 5.74) is 0. The van der Waals surface area contributed by atoms with Crippen LogP contribution in [0.2, 0.25) is 0 Å². The Morgan fingerprint density at radius 1 is 1.33 bits per heavy atom. The lowest BCUT2D eigenvalue weighted by Crippen LogP contribution is -2.46. The van der Waals surface area contributed by atoms with Gasteiger partial charge in [0.15, 0.2) is 0 Å². The molecule has 0 radical (unpaired) electrons. The molecule has 106 valence electrons. The van der Waals surface area contributed by atoms with Crippen LogP contribution in [0, 0.1) is 5.92 Å². The molecule has 1 aliphatic heterocycles. The fraction of sp³-hybridized carbons (Fsp3) is 0.929. The number of carbonyl (C=O) groups is 1. The second-order valence-corrected chi connectivity index (χ2v) is 5.26. The fourth-order valence-electron chi connectivity index (χ4n) is 2.28. The van der Waals surface area contributed by atoms with Crippen molar-refractivity contribution in [2.24, 2.45) is 5.92 Å². The van der Waals surface area contributed by atoms with Crippen molar-refractivity contribution in [1.29, 1.82) is 0 Å². The van der Waals surface area contributed by atoms with Crippen molar-refractivity contribution in [3.05, 3.63) is 0 Å². The molecular weight excluding hydrogens is 228 g/mol. The zero-order valence-electron chi connectivity index (χ0n) is 12.0. The molecule has 0 aromatic carbocycles. The summed E-state index contributed by atoms with van der Waals surface area (Å²) in [7, 11) is 0. The number of hydrogen-bond acceptors (Lipinski definition) is 3. The van der Waals surface area contributed by atoms with Gasteiger partial charge in [0.05, 0.1) is 19.1 Å². The molecule has 0 aromatic heterocycles. The van der Waals surface area contributed by atoms with Crippen molar-refractivity contribution in [3.8, 4) is 0 Å². The first kappa shape index (κ1) is 15.4. The monoisotopic (exact) mass is 256 g/mol. The van der Waals surface area contributed by atoms with Crippen LogP contribution < -0.4 is 10.6 Å². The van der Waals surface area contributed by atoms with E-state index in [9.17, 15) is 4.79 Å². The van der Waals surface area contributed by atoms with Crippen molar-refractivity contribution >= 4 is 5.91 Å². The van der Waals surface area contributed by atoms with Crippen LogP contribution in [0.3, 0.4) is 0 Å². The predicted octanol–water partition coefficient (Wildman–Crippen LogP) is 1.70. The van der Waals surface area contributed by atoms with E-state index in [1.807, 2.05) is 0 Å². The Morgan fingerprint density at radius 2 is 2.11 bits per heavy atom. The second kappa shape index (κ2) is 8.48. The maximum atomic E-state index is 12.2. The highest BCUT2D eigenvalue weighted by Crippen LogP contribution is 2.14. The molecular formula is C14H28N2O2. The van der Waals surface area contributed by atoms with Crippen LogP contribution in [0.5, 0.6) is 0 Å². The van der Waals surface area contributed by atoms with Crippen LogP contribution in [-0.4, -0.2) is 37.7 Å². The Labute approximate surface area is 111 Å². The van der Waals surface area contributed by atoms with Crippen LogP contribution in [-0.2, 0) is 9.53 Å². The molecule has 0 bridgehead atoms. The van der Waals surface area contributed by atoms with Gasteiger partial charge in [-0.2, -0.15) is 0 Å². The second-order valence-electron chi connectivity index (χ2n) is 5.26. The molecule has 4 heteroatoms. The zero-order valence-corrected chi connectivity index (χ0v) is 12.0. The minimum atomic E-state index is -0.0272. The maximum absolute atomic E-state index is 12.2. The summed E-state index contributed by atoms with van der Waals surface area (Å²) < 4.78 is 5.43. The van der Waals surface area contributed by atoms with Crippen LogP contribution in [0.15, 0.2) is 0 Å². The third-order valence-corrected chi connectivity index (χ3v) is 3.45. The van der Waals surface area contributed by atoms with Crippen molar-refractivity contribution in [2.45, 2.75) is 58.5 Å². The molecule has 1 saturated heterocycles. The molecule has 1 heterocycles. The minimum absolute atomic E-state index is 0.0272. The van der Waals surface area contributed by atoms with Crippen LogP contribution >= 0.6 is 0 Å². The molecule has 1 rings (SSSR count). The summed E-state index contributed by atoms with van der Waals surface area (Å²) in [4.78, 5) is 12.2. The first-order chi connectivity index (χ1) is 8.69. The molecule has 1 aliphatic rings. The van der Waals surface area contributed by atoms with Gasteiger partial charge in [0.25, 0.3) is 0 Å². The number of carbonyl (C=O) groups excluding carboxylic acids is 1. The van der Waals surface area contributed by atoms with E-state index >= 15 is 0 Å². The van der Waals surface area contributed by atoms with Crippen LogP contribution in [0.1, 0.15) is 46.5 Å². The molecule has 0 aliphatic carbocycles. The van der Waals surface area contributed by atoms with Gasteiger partial charge in [0.2, 0.25) is 5.91 Å². The van der Waals surface area contributed by atoms with Gasteiger partial charge in [0, 0.05) is 12.1 Å².